The summed E-state index contributed by atoms with van der Waals surface area (Å²) in [5.74, 6) is -1.21. The topological polar surface area (TPSA) is 61.5 Å². The van der Waals surface area contributed by atoms with Crippen molar-refractivity contribution in [3.8, 4) is 5.75 Å². The molecule has 158 valence electrons. The number of carbonyl (C=O) groups is 1. The lowest BCUT2D eigenvalue weighted by atomic mass is 10.1. The predicted octanol–water partition coefficient (Wildman–Crippen LogP) is 5.21. The Balaban J connectivity index is 1.93. The lowest BCUT2D eigenvalue weighted by Gasteiger charge is -2.18. The number of rotatable bonds is 7. The van der Waals surface area contributed by atoms with Gasteiger partial charge in [0.05, 0.1) is 23.4 Å². The van der Waals surface area contributed by atoms with Crippen LogP contribution in [-0.4, -0.2) is 12.6 Å². The van der Waals surface area contributed by atoms with E-state index in [1.807, 2.05) is 0 Å². The van der Waals surface area contributed by atoms with Gasteiger partial charge < -0.3 is 15.2 Å². The van der Waals surface area contributed by atoms with Crippen molar-refractivity contribution in [1.82, 2.24) is 0 Å². The van der Waals surface area contributed by atoms with Crippen LogP contribution in [0, 0.1) is 0 Å². The van der Waals surface area contributed by atoms with Crippen molar-refractivity contribution in [2.24, 2.45) is 0 Å². The molecule has 0 atom stereocenters. The third-order valence-corrected chi connectivity index (χ3v) is 3.80. The number of hydrogen-bond donors (Lipinski definition) is 1. The summed E-state index contributed by atoms with van der Waals surface area (Å²) in [6.07, 6.45) is -10.2. The molecule has 2 N–H and O–H groups in total. The number of alkyl halides is 6. The van der Waals surface area contributed by atoms with Crippen LogP contribution in [0.2, 0.25) is 0 Å². The molecule has 0 heterocycles. The molecule has 0 unspecified atom stereocenters. The maximum Gasteiger partial charge on any atom is 0.418 e. The summed E-state index contributed by atoms with van der Waals surface area (Å²) in [6.45, 7) is -0.221. The van der Waals surface area contributed by atoms with Gasteiger partial charge in [-0.05, 0) is 24.1 Å². The van der Waals surface area contributed by atoms with E-state index in [2.05, 4.69) is 0 Å². The van der Waals surface area contributed by atoms with Crippen molar-refractivity contribution >= 4 is 11.7 Å². The molecule has 0 saturated heterocycles. The lowest BCUT2D eigenvalue weighted by Crippen LogP contribution is -2.16. The van der Waals surface area contributed by atoms with Gasteiger partial charge in [0.15, 0.2) is 0 Å². The van der Waals surface area contributed by atoms with Gasteiger partial charge in [-0.1, -0.05) is 30.3 Å². The van der Waals surface area contributed by atoms with Crippen LogP contribution in [0.4, 0.5) is 32.0 Å². The number of carbonyl (C=O) groups excluding carboxylic acids is 1. The molecule has 2 rings (SSSR count). The third kappa shape index (κ3) is 6.58. The first kappa shape index (κ1) is 22.4. The molecule has 4 nitrogen and oxygen atoms in total. The van der Waals surface area contributed by atoms with E-state index < -0.39 is 40.9 Å². The van der Waals surface area contributed by atoms with Gasteiger partial charge in [-0.3, -0.25) is 4.79 Å². The average Bonchev–Trinajstić information content (AvgIpc) is 2.63. The summed E-state index contributed by atoms with van der Waals surface area (Å²) >= 11 is 0. The molecule has 29 heavy (non-hydrogen) atoms. The van der Waals surface area contributed by atoms with Crippen molar-refractivity contribution < 1.29 is 40.6 Å². The number of benzene rings is 2. The number of esters is 1. The van der Waals surface area contributed by atoms with E-state index in [1.165, 1.54) is 0 Å². The fourth-order valence-corrected chi connectivity index (χ4v) is 2.40. The fourth-order valence-electron chi connectivity index (χ4n) is 2.40. The van der Waals surface area contributed by atoms with Crippen LogP contribution in [0.25, 0.3) is 0 Å². The van der Waals surface area contributed by atoms with Gasteiger partial charge >= 0.3 is 18.3 Å². The summed E-state index contributed by atoms with van der Waals surface area (Å²) in [4.78, 5) is 11.7. The zero-order valence-corrected chi connectivity index (χ0v) is 14.9. The molecule has 2 aromatic carbocycles. The van der Waals surface area contributed by atoms with Crippen LogP contribution in [0.5, 0.6) is 5.75 Å². The Morgan fingerprint density at radius 3 is 2.00 bits per heavy atom. The van der Waals surface area contributed by atoms with E-state index in [0.717, 1.165) is 5.56 Å². The molecular weight excluding hydrogens is 404 g/mol. The smallest absolute Gasteiger partial charge is 0.418 e. The molecule has 0 saturated carbocycles. The minimum atomic E-state index is -5.08. The highest BCUT2D eigenvalue weighted by atomic mass is 19.4. The second kappa shape index (κ2) is 9.06. The van der Waals surface area contributed by atoms with Crippen LogP contribution in [0.1, 0.15) is 29.5 Å². The van der Waals surface area contributed by atoms with Crippen molar-refractivity contribution in [2.45, 2.75) is 31.8 Å². The average molecular weight is 421 g/mol. The van der Waals surface area contributed by atoms with E-state index in [9.17, 15) is 31.1 Å². The van der Waals surface area contributed by atoms with Crippen LogP contribution in [-0.2, 0) is 28.5 Å². The monoisotopic (exact) mass is 421 g/mol. The molecule has 0 bridgehead atoms. The normalized spacial score (nSPS) is 11.9. The first-order chi connectivity index (χ1) is 13.5. The zero-order chi connectivity index (χ0) is 21.7. The minimum absolute atomic E-state index is 0.0424. The number of nitrogen functional groups attached to an aromatic ring is 1. The number of hydrogen-bond acceptors (Lipinski definition) is 4. The first-order valence-electron chi connectivity index (χ1n) is 8.38. The van der Waals surface area contributed by atoms with Crippen LogP contribution >= 0.6 is 0 Å². The van der Waals surface area contributed by atoms with Gasteiger partial charge in [0.2, 0.25) is 0 Å². The lowest BCUT2D eigenvalue weighted by molar-refractivity contribution is -0.145. The van der Waals surface area contributed by atoms with Crippen molar-refractivity contribution in [2.75, 3.05) is 12.3 Å². The number of anilines is 1. The summed E-state index contributed by atoms with van der Waals surface area (Å²) in [5.41, 5.74) is 1.14. The van der Waals surface area contributed by atoms with Crippen LogP contribution in [0.15, 0.2) is 42.5 Å². The summed E-state index contributed by atoms with van der Waals surface area (Å²) in [5, 5.41) is 0. The van der Waals surface area contributed by atoms with Gasteiger partial charge in [0, 0.05) is 6.42 Å². The molecular formula is C19H17F6NO3. The van der Waals surface area contributed by atoms with Crippen LogP contribution < -0.4 is 10.5 Å². The molecule has 0 spiro atoms. The number of ether oxygens (including phenoxy) is 2. The molecule has 10 heteroatoms. The molecule has 0 fully saturated rings. The quantitative estimate of drug-likeness (QED) is 0.289. The first-order valence-corrected chi connectivity index (χ1v) is 8.38. The summed E-state index contributed by atoms with van der Waals surface area (Å²) < 4.78 is 87.7. The second-order valence-corrected chi connectivity index (χ2v) is 6.03. The Kier molecular flexibility index (Phi) is 6.99. The zero-order valence-electron chi connectivity index (χ0n) is 14.9. The van der Waals surface area contributed by atoms with Gasteiger partial charge in [-0.15, -0.1) is 0 Å². The van der Waals surface area contributed by atoms with E-state index in [0.29, 0.717) is 12.1 Å². The van der Waals surface area contributed by atoms with Gasteiger partial charge in [0.25, 0.3) is 0 Å². The van der Waals surface area contributed by atoms with E-state index >= 15 is 0 Å². The van der Waals surface area contributed by atoms with Crippen molar-refractivity contribution in [3.05, 3.63) is 59.2 Å². The maximum absolute atomic E-state index is 13.0. The van der Waals surface area contributed by atoms with E-state index in [4.69, 9.17) is 15.2 Å². The highest BCUT2D eigenvalue weighted by Crippen LogP contribution is 2.43. The largest absolute Gasteiger partial charge is 0.494 e. The summed E-state index contributed by atoms with van der Waals surface area (Å²) in [7, 11) is 0. The highest BCUT2D eigenvalue weighted by Gasteiger charge is 2.41. The second-order valence-electron chi connectivity index (χ2n) is 6.03. The minimum Gasteiger partial charge on any atom is -0.494 e. The standard InChI is InChI=1S/C19H17F6NO3/c20-18(21,22)14-9-13(10-15(17(14)26)19(23,24)25)28-8-4-7-16(27)29-11-12-5-2-1-3-6-12/h1-3,5-6,9-10H,4,7-8,11,26H2. The fraction of sp³-hybridized carbons (Fsp3) is 0.316. The Hall–Kier alpha value is -2.91. The molecule has 0 radical (unpaired) electrons. The van der Waals surface area contributed by atoms with Crippen molar-refractivity contribution in [3.63, 3.8) is 0 Å². The molecule has 2 aromatic rings. The molecule has 0 amide bonds. The number of halogens is 6. The number of nitrogens with two attached hydrogens (primary N) is 1. The Morgan fingerprint density at radius 1 is 0.931 bits per heavy atom. The molecule has 0 aliphatic carbocycles. The van der Waals surface area contributed by atoms with Crippen molar-refractivity contribution in [1.29, 1.82) is 0 Å². The SMILES string of the molecule is Nc1c(C(F)(F)F)cc(OCCCC(=O)OCc2ccccc2)cc1C(F)(F)F. The molecule has 0 aliphatic heterocycles. The van der Waals surface area contributed by atoms with Crippen LogP contribution in [0.3, 0.4) is 0 Å². The highest BCUT2D eigenvalue weighted by molar-refractivity contribution is 5.69. The van der Waals surface area contributed by atoms with E-state index in [-0.39, 0.29) is 26.1 Å². The van der Waals surface area contributed by atoms with Gasteiger partial charge in [0.1, 0.15) is 12.4 Å². The van der Waals surface area contributed by atoms with Gasteiger partial charge in [-0.25, -0.2) is 0 Å². The third-order valence-electron chi connectivity index (χ3n) is 3.80. The maximum atomic E-state index is 13.0. The Labute approximate surface area is 162 Å². The Morgan fingerprint density at radius 2 is 1.48 bits per heavy atom. The predicted molar refractivity (Wildman–Crippen MR) is 91.8 cm³/mol. The Bertz CT molecular complexity index is 799. The molecule has 0 aromatic heterocycles. The van der Waals surface area contributed by atoms with Gasteiger partial charge in [-0.2, -0.15) is 26.3 Å². The molecule has 0 aliphatic rings. The summed E-state index contributed by atoms with van der Waals surface area (Å²) in [6, 6.07) is 9.66. The van der Waals surface area contributed by atoms with E-state index in [1.54, 1.807) is 30.3 Å².